The van der Waals surface area contributed by atoms with Crippen LogP contribution in [-0.4, -0.2) is 20.8 Å². The molecule has 0 aliphatic carbocycles. The number of nitrogens with zero attached hydrogens (tertiary/aromatic N) is 4. The number of aromatic nitrogens is 3. The van der Waals surface area contributed by atoms with Crippen molar-refractivity contribution < 1.29 is 4.79 Å². The standard InChI is InChI=1S/C33H23ClN4O/c34-26-18-16-25(17-19-26)33(39)32-31(24-10-4-1-5-11-24)35-38(36-32)30-22-20-29(21-23-30)37(27-12-6-2-7-13-27)28-14-8-3-9-15-28/h1-23H. The van der Waals surface area contributed by atoms with Gasteiger partial charge < -0.3 is 4.90 Å². The maximum Gasteiger partial charge on any atom is 0.215 e. The first kappa shape index (κ1) is 24.3. The van der Waals surface area contributed by atoms with Crippen LogP contribution in [0.3, 0.4) is 0 Å². The molecule has 1 aromatic heterocycles. The Hall–Kier alpha value is -5.00. The molecule has 0 fully saturated rings. The van der Waals surface area contributed by atoms with Crippen LogP contribution >= 0.6 is 11.6 Å². The van der Waals surface area contributed by atoms with Gasteiger partial charge in [0.15, 0.2) is 5.69 Å². The van der Waals surface area contributed by atoms with Crippen LogP contribution in [0.1, 0.15) is 16.1 Å². The molecule has 0 unspecified atom stereocenters. The van der Waals surface area contributed by atoms with Crippen LogP contribution in [0.25, 0.3) is 16.9 Å². The zero-order chi connectivity index (χ0) is 26.6. The highest BCUT2D eigenvalue weighted by atomic mass is 35.5. The number of hydrogen-bond acceptors (Lipinski definition) is 4. The Morgan fingerprint density at radius 2 is 1.10 bits per heavy atom. The minimum atomic E-state index is -0.215. The van der Waals surface area contributed by atoms with Gasteiger partial charge in [0.2, 0.25) is 5.78 Å². The van der Waals surface area contributed by atoms with Gasteiger partial charge in [-0.25, -0.2) is 0 Å². The molecule has 0 saturated carbocycles. The fraction of sp³-hybridized carbons (Fsp3) is 0. The zero-order valence-corrected chi connectivity index (χ0v) is 21.6. The summed E-state index contributed by atoms with van der Waals surface area (Å²) in [6, 6.07) is 44.8. The van der Waals surface area contributed by atoms with Gasteiger partial charge in [-0.15, -0.1) is 10.2 Å². The highest BCUT2D eigenvalue weighted by Crippen LogP contribution is 2.34. The largest absolute Gasteiger partial charge is 0.311 e. The number of para-hydroxylation sites is 2. The lowest BCUT2D eigenvalue weighted by molar-refractivity contribution is 0.103. The lowest BCUT2D eigenvalue weighted by Gasteiger charge is -2.25. The quantitative estimate of drug-likeness (QED) is 0.196. The Labute approximate surface area is 231 Å². The van der Waals surface area contributed by atoms with Gasteiger partial charge in [0.1, 0.15) is 5.69 Å². The molecule has 6 heteroatoms. The van der Waals surface area contributed by atoms with Crippen molar-refractivity contribution >= 4 is 34.4 Å². The topological polar surface area (TPSA) is 51.0 Å². The maximum absolute atomic E-state index is 13.5. The average molecular weight is 527 g/mol. The number of benzene rings is 5. The zero-order valence-electron chi connectivity index (χ0n) is 20.9. The van der Waals surface area contributed by atoms with E-state index in [1.54, 1.807) is 24.3 Å². The van der Waals surface area contributed by atoms with Crippen molar-refractivity contribution in [2.24, 2.45) is 0 Å². The second kappa shape index (κ2) is 10.8. The average Bonchev–Trinajstić information content (AvgIpc) is 3.45. The summed E-state index contributed by atoms with van der Waals surface area (Å²) in [4.78, 5) is 17.2. The van der Waals surface area contributed by atoms with E-state index in [4.69, 9.17) is 16.7 Å². The number of ketones is 1. The summed E-state index contributed by atoms with van der Waals surface area (Å²) in [5.74, 6) is -0.215. The third-order valence-electron chi connectivity index (χ3n) is 6.35. The van der Waals surface area contributed by atoms with Crippen molar-refractivity contribution in [1.82, 2.24) is 15.0 Å². The van der Waals surface area contributed by atoms with E-state index < -0.39 is 0 Å². The van der Waals surface area contributed by atoms with Gasteiger partial charge in [-0.1, -0.05) is 78.3 Å². The number of anilines is 3. The van der Waals surface area contributed by atoms with Gasteiger partial charge in [0, 0.05) is 33.2 Å². The van der Waals surface area contributed by atoms with E-state index in [0.717, 1.165) is 28.3 Å². The Morgan fingerprint density at radius 1 is 0.590 bits per heavy atom. The van der Waals surface area contributed by atoms with Crippen LogP contribution in [0.15, 0.2) is 140 Å². The molecule has 0 amide bonds. The SMILES string of the molecule is O=C(c1ccc(Cl)cc1)c1nn(-c2ccc(N(c3ccccc3)c3ccccc3)cc2)nc1-c1ccccc1. The first-order chi connectivity index (χ1) is 19.2. The van der Waals surface area contributed by atoms with E-state index in [2.05, 4.69) is 34.3 Å². The van der Waals surface area contributed by atoms with E-state index in [1.807, 2.05) is 91.0 Å². The summed E-state index contributed by atoms with van der Waals surface area (Å²) in [7, 11) is 0. The van der Waals surface area contributed by atoms with Crippen LogP contribution in [0.2, 0.25) is 5.02 Å². The predicted octanol–water partition coefficient (Wildman–Crippen LogP) is 8.29. The number of halogens is 1. The second-order valence-corrected chi connectivity index (χ2v) is 9.35. The first-order valence-electron chi connectivity index (χ1n) is 12.5. The maximum atomic E-state index is 13.5. The molecule has 0 spiro atoms. The van der Waals surface area contributed by atoms with Gasteiger partial charge >= 0.3 is 0 Å². The van der Waals surface area contributed by atoms with E-state index in [1.165, 1.54) is 4.80 Å². The fourth-order valence-electron chi connectivity index (χ4n) is 4.44. The molecule has 0 N–H and O–H groups in total. The molecule has 6 aromatic rings. The predicted molar refractivity (Wildman–Crippen MR) is 156 cm³/mol. The summed E-state index contributed by atoms with van der Waals surface area (Å²) in [5.41, 5.74) is 5.96. The Bertz CT molecular complexity index is 1660. The normalized spacial score (nSPS) is 10.8. The molecule has 1 heterocycles. The van der Waals surface area contributed by atoms with Crippen LogP contribution < -0.4 is 4.90 Å². The van der Waals surface area contributed by atoms with Crippen LogP contribution in [0, 0.1) is 0 Å². The monoisotopic (exact) mass is 526 g/mol. The molecule has 5 nitrogen and oxygen atoms in total. The number of carbonyl (C=O) groups excluding carboxylic acids is 1. The molecule has 0 saturated heterocycles. The third kappa shape index (κ3) is 5.08. The Balaban J connectivity index is 1.40. The highest BCUT2D eigenvalue weighted by Gasteiger charge is 2.22. The molecule has 0 bridgehead atoms. The van der Waals surface area contributed by atoms with Crippen molar-refractivity contribution in [3.05, 3.63) is 156 Å². The van der Waals surface area contributed by atoms with E-state index in [-0.39, 0.29) is 11.5 Å². The molecule has 0 aliphatic rings. The summed E-state index contributed by atoms with van der Waals surface area (Å²) in [5, 5.41) is 9.97. The highest BCUT2D eigenvalue weighted by molar-refractivity contribution is 6.30. The first-order valence-corrected chi connectivity index (χ1v) is 12.9. The van der Waals surface area contributed by atoms with Crippen molar-refractivity contribution in [3.8, 4) is 16.9 Å². The molecule has 0 radical (unpaired) electrons. The van der Waals surface area contributed by atoms with Crippen molar-refractivity contribution in [3.63, 3.8) is 0 Å². The molecular weight excluding hydrogens is 504 g/mol. The van der Waals surface area contributed by atoms with Crippen LogP contribution in [0.5, 0.6) is 0 Å². The lowest BCUT2D eigenvalue weighted by Crippen LogP contribution is -2.10. The van der Waals surface area contributed by atoms with Crippen LogP contribution in [-0.2, 0) is 0 Å². The number of rotatable bonds is 7. The molecular formula is C33H23ClN4O. The number of hydrogen-bond donors (Lipinski definition) is 0. The van der Waals surface area contributed by atoms with Gasteiger partial charge in [-0.2, -0.15) is 4.80 Å². The van der Waals surface area contributed by atoms with Gasteiger partial charge in [0.25, 0.3) is 0 Å². The Morgan fingerprint density at radius 3 is 1.67 bits per heavy atom. The molecule has 39 heavy (non-hydrogen) atoms. The smallest absolute Gasteiger partial charge is 0.215 e. The third-order valence-corrected chi connectivity index (χ3v) is 6.60. The molecule has 5 aromatic carbocycles. The minimum Gasteiger partial charge on any atom is -0.311 e. The molecule has 188 valence electrons. The number of carbonyl (C=O) groups is 1. The van der Waals surface area contributed by atoms with E-state index in [0.29, 0.717) is 16.3 Å². The van der Waals surface area contributed by atoms with E-state index >= 15 is 0 Å². The van der Waals surface area contributed by atoms with Gasteiger partial charge in [0.05, 0.1) is 5.69 Å². The van der Waals surface area contributed by atoms with Crippen LogP contribution in [0.4, 0.5) is 17.1 Å². The summed E-state index contributed by atoms with van der Waals surface area (Å²) < 4.78 is 0. The molecule has 6 rings (SSSR count). The van der Waals surface area contributed by atoms with Crippen molar-refractivity contribution in [2.75, 3.05) is 4.90 Å². The van der Waals surface area contributed by atoms with Crippen molar-refractivity contribution in [1.29, 1.82) is 0 Å². The van der Waals surface area contributed by atoms with E-state index in [9.17, 15) is 4.79 Å². The fourth-order valence-corrected chi connectivity index (χ4v) is 4.57. The molecule has 0 atom stereocenters. The second-order valence-electron chi connectivity index (χ2n) is 8.91. The lowest BCUT2D eigenvalue weighted by atomic mass is 10.0. The minimum absolute atomic E-state index is 0.215. The summed E-state index contributed by atoms with van der Waals surface area (Å²) in [6.45, 7) is 0. The summed E-state index contributed by atoms with van der Waals surface area (Å²) >= 11 is 6.04. The van der Waals surface area contributed by atoms with Gasteiger partial charge in [-0.3, -0.25) is 4.79 Å². The molecule has 0 aliphatic heterocycles. The van der Waals surface area contributed by atoms with Crippen molar-refractivity contribution in [2.45, 2.75) is 0 Å². The Kier molecular flexibility index (Phi) is 6.73. The van der Waals surface area contributed by atoms with Gasteiger partial charge in [-0.05, 0) is 72.8 Å². The summed E-state index contributed by atoms with van der Waals surface area (Å²) in [6.07, 6.45) is 0.